The molecule has 0 saturated heterocycles. The molecular formula is C15H13FINO2S. The maximum absolute atomic E-state index is 13.5. The molecule has 0 spiro atoms. The van der Waals surface area contributed by atoms with Crippen molar-refractivity contribution in [3.8, 4) is 0 Å². The molecule has 110 valence electrons. The number of fused-ring (bicyclic) bond motifs is 1. The number of sulfone groups is 1. The number of nitrogens with one attached hydrogen (secondary N) is 1. The van der Waals surface area contributed by atoms with Crippen LogP contribution in [0.5, 0.6) is 0 Å². The third kappa shape index (κ3) is 3.06. The third-order valence-electron chi connectivity index (χ3n) is 3.54. The summed E-state index contributed by atoms with van der Waals surface area (Å²) >= 11 is 2.22. The molecule has 1 unspecified atom stereocenters. The minimum absolute atomic E-state index is 0.0771. The topological polar surface area (TPSA) is 46.2 Å². The largest absolute Gasteiger partial charge is 0.378 e. The van der Waals surface area contributed by atoms with Gasteiger partial charge in [0.2, 0.25) is 0 Å². The van der Waals surface area contributed by atoms with Crippen LogP contribution in [0, 0.1) is 9.39 Å². The number of hydrogen-bond acceptors (Lipinski definition) is 3. The number of hydrogen-bond donors (Lipinski definition) is 1. The molecule has 3 rings (SSSR count). The lowest BCUT2D eigenvalue weighted by Crippen LogP contribution is -2.24. The van der Waals surface area contributed by atoms with Crippen molar-refractivity contribution in [2.75, 3.05) is 11.1 Å². The first-order chi connectivity index (χ1) is 9.95. The smallest absolute Gasteiger partial charge is 0.178 e. The van der Waals surface area contributed by atoms with E-state index in [-0.39, 0.29) is 16.7 Å². The molecule has 0 radical (unpaired) electrons. The second kappa shape index (κ2) is 5.57. The van der Waals surface area contributed by atoms with E-state index in [0.717, 1.165) is 9.26 Å². The van der Waals surface area contributed by atoms with Crippen LogP contribution >= 0.6 is 22.6 Å². The van der Waals surface area contributed by atoms with Gasteiger partial charge in [-0.05, 0) is 77.0 Å². The van der Waals surface area contributed by atoms with Crippen LogP contribution in [0.2, 0.25) is 0 Å². The second-order valence-electron chi connectivity index (χ2n) is 4.99. The Morgan fingerprint density at radius 1 is 1.14 bits per heavy atom. The van der Waals surface area contributed by atoms with Crippen molar-refractivity contribution in [2.45, 2.75) is 17.4 Å². The van der Waals surface area contributed by atoms with Crippen LogP contribution in [0.1, 0.15) is 18.0 Å². The Hall–Kier alpha value is -1.15. The Morgan fingerprint density at radius 3 is 2.57 bits per heavy atom. The van der Waals surface area contributed by atoms with Gasteiger partial charge in [0.15, 0.2) is 9.84 Å². The first-order valence-corrected chi connectivity index (χ1v) is 9.23. The van der Waals surface area contributed by atoms with Gasteiger partial charge >= 0.3 is 0 Å². The SMILES string of the molecule is O=S1(=O)CCC(Nc2ccc(I)cc2)c2cc(F)ccc21. The van der Waals surface area contributed by atoms with Gasteiger partial charge in [0.05, 0.1) is 16.7 Å². The summed E-state index contributed by atoms with van der Waals surface area (Å²) in [7, 11) is -3.30. The zero-order valence-corrected chi connectivity index (χ0v) is 14.0. The molecule has 0 fully saturated rings. The molecule has 6 heteroatoms. The Bertz CT molecular complexity index is 775. The van der Waals surface area contributed by atoms with Gasteiger partial charge in [0.25, 0.3) is 0 Å². The van der Waals surface area contributed by atoms with Gasteiger partial charge in [-0.25, -0.2) is 12.8 Å². The van der Waals surface area contributed by atoms with Crippen LogP contribution in [-0.2, 0) is 9.84 Å². The molecule has 0 aromatic heterocycles. The molecule has 21 heavy (non-hydrogen) atoms. The molecule has 0 saturated carbocycles. The molecule has 0 amide bonds. The van der Waals surface area contributed by atoms with E-state index >= 15 is 0 Å². The number of benzene rings is 2. The molecule has 1 aliphatic rings. The number of anilines is 1. The summed E-state index contributed by atoms with van der Waals surface area (Å²) in [5.74, 6) is -0.339. The van der Waals surface area contributed by atoms with E-state index in [0.29, 0.717) is 12.0 Å². The lowest BCUT2D eigenvalue weighted by atomic mass is 10.0. The fraction of sp³-hybridized carbons (Fsp3) is 0.200. The van der Waals surface area contributed by atoms with Crippen LogP contribution in [0.4, 0.5) is 10.1 Å². The van der Waals surface area contributed by atoms with Crippen molar-refractivity contribution < 1.29 is 12.8 Å². The first kappa shape index (κ1) is 14.8. The summed E-state index contributed by atoms with van der Waals surface area (Å²) in [5.41, 5.74) is 1.41. The van der Waals surface area contributed by atoms with Crippen molar-refractivity contribution in [1.82, 2.24) is 0 Å². The highest BCUT2D eigenvalue weighted by Gasteiger charge is 2.30. The number of rotatable bonds is 2. The summed E-state index contributed by atoms with van der Waals surface area (Å²) in [4.78, 5) is 0.234. The Labute approximate surface area is 136 Å². The van der Waals surface area contributed by atoms with E-state index in [1.165, 1.54) is 18.2 Å². The van der Waals surface area contributed by atoms with E-state index in [9.17, 15) is 12.8 Å². The summed E-state index contributed by atoms with van der Waals surface area (Å²) in [6.07, 6.45) is 0.435. The van der Waals surface area contributed by atoms with Gasteiger partial charge < -0.3 is 5.32 Å². The Balaban J connectivity index is 1.98. The van der Waals surface area contributed by atoms with Gasteiger partial charge in [-0.3, -0.25) is 0 Å². The standard InChI is InChI=1S/C15H13FINO2S/c16-10-1-6-15-13(9-10)14(7-8-21(15,19)20)18-12-4-2-11(17)3-5-12/h1-6,9,14,18H,7-8H2. The van der Waals surface area contributed by atoms with Gasteiger partial charge in [-0.15, -0.1) is 0 Å². The van der Waals surface area contributed by atoms with Crippen molar-refractivity contribution in [2.24, 2.45) is 0 Å². The van der Waals surface area contributed by atoms with E-state index in [1.807, 2.05) is 24.3 Å². The zero-order valence-electron chi connectivity index (χ0n) is 11.0. The van der Waals surface area contributed by atoms with E-state index in [4.69, 9.17) is 0 Å². The van der Waals surface area contributed by atoms with Gasteiger partial charge in [-0.1, -0.05) is 0 Å². The van der Waals surface area contributed by atoms with E-state index in [1.54, 1.807) is 0 Å². The van der Waals surface area contributed by atoms with Gasteiger partial charge in [-0.2, -0.15) is 0 Å². The monoisotopic (exact) mass is 417 g/mol. The minimum atomic E-state index is -3.30. The van der Waals surface area contributed by atoms with Crippen LogP contribution < -0.4 is 5.32 Å². The predicted octanol–water partition coefficient (Wildman–Crippen LogP) is 3.76. The molecule has 0 aliphatic carbocycles. The maximum atomic E-state index is 13.5. The predicted molar refractivity (Wildman–Crippen MR) is 88.6 cm³/mol. The molecule has 2 aromatic carbocycles. The van der Waals surface area contributed by atoms with Crippen LogP contribution in [0.25, 0.3) is 0 Å². The summed E-state index contributed by atoms with van der Waals surface area (Å²) in [5, 5.41) is 3.29. The lowest BCUT2D eigenvalue weighted by Gasteiger charge is -2.27. The van der Waals surface area contributed by atoms with Crippen LogP contribution in [0.3, 0.4) is 0 Å². The van der Waals surface area contributed by atoms with Gasteiger partial charge in [0, 0.05) is 9.26 Å². The number of halogens is 2. The minimum Gasteiger partial charge on any atom is -0.378 e. The molecule has 1 N–H and O–H groups in total. The molecule has 1 aliphatic heterocycles. The lowest BCUT2D eigenvalue weighted by molar-refractivity contribution is 0.570. The van der Waals surface area contributed by atoms with Crippen LogP contribution in [0.15, 0.2) is 47.4 Å². The third-order valence-corrected chi connectivity index (χ3v) is 6.08. The fourth-order valence-electron chi connectivity index (χ4n) is 2.51. The average Bonchev–Trinajstić information content (AvgIpc) is 2.44. The normalized spacial score (nSPS) is 19.8. The van der Waals surface area contributed by atoms with Gasteiger partial charge in [0.1, 0.15) is 5.82 Å². The van der Waals surface area contributed by atoms with Crippen molar-refractivity contribution in [3.05, 3.63) is 57.4 Å². The average molecular weight is 417 g/mol. The molecule has 1 atom stereocenters. The Morgan fingerprint density at radius 2 is 1.86 bits per heavy atom. The van der Waals surface area contributed by atoms with E-state index in [2.05, 4.69) is 27.9 Å². The summed E-state index contributed by atoms with van der Waals surface area (Å²) < 4.78 is 38.8. The maximum Gasteiger partial charge on any atom is 0.178 e. The highest BCUT2D eigenvalue weighted by Crippen LogP contribution is 2.34. The summed E-state index contributed by atoms with van der Waals surface area (Å²) in [6.45, 7) is 0. The Kier molecular flexibility index (Phi) is 3.92. The molecule has 1 heterocycles. The molecular weight excluding hydrogens is 404 g/mol. The molecule has 0 bridgehead atoms. The first-order valence-electron chi connectivity index (χ1n) is 6.50. The van der Waals surface area contributed by atoms with Crippen molar-refractivity contribution in [3.63, 3.8) is 0 Å². The highest BCUT2D eigenvalue weighted by molar-refractivity contribution is 14.1. The van der Waals surface area contributed by atoms with Crippen molar-refractivity contribution in [1.29, 1.82) is 0 Å². The molecule has 3 nitrogen and oxygen atoms in total. The zero-order chi connectivity index (χ0) is 15.0. The van der Waals surface area contributed by atoms with Crippen molar-refractivity contribution >= 4 is 38.1 Å². The highest BCUT2D eigenvalue weighted by atomic mass is 127. The second-order valence-corrected chi connectivity index (χ2v) is 8.32. The van der Waals surface area contributed by atoms with E-state index < -0.39 is 15.7 Å². The quantitative estimate of drug-likeness (QED) is 0.598. The summed E-state index contributed by atoms with van der Waals surface area (Å²) in [6, 6.07) is 11.5. The fourth-order valence-corrected chi connectivity index (χ4v) is 4.47. The van der Waals surface area contributed by atoms with Crippen LogP contribution in [-0.4, -0.2) is 14.2 Å². The molecule has 2 aromatic rings.